The first-order valence-electron chi connectivity index (χ1n) is 13.0. The van der Waals surface area contributed by atoms with Crippen molar-refractivity contribution in [3.8, 4) is 11.5 Å². The van der Waals surface area contributed by atoms with Gasteiger partial charge in [0.15, 0.2) is 0 Å². The Morgan fingerprint density at radius 2 is 1.68 bits per heavy atom. The van der Waals surface area contributed by atoms with Crippen molar-refractivity contribution in [3.05, 3.63) is 97.3 Å². The number of alkyl halides is 1. The lowest BCUT2D eigenvalue weighted by atomic mass is 9.96. The van der Waals surface area contributed by atoms with E-state index >= 15 is 0 Å². The Morgan fingerprint density at radius 3 is 2.30 bits per heavy atom. The lowest BCUT2D eigenvalue weighted by Gasteiger charge is -2.17. The van der Waals surface area contributed by atoms with Gasteiger partial charge in [0.2, 0.25) is 0 Å². The number of phenols is 1. The molecule has 13 nitrogen and oxygen atoms in total. The molecular weight excluding hydrogens is 617 g/mol. The Bertz CT molecular complexity index is 1970. The molecule has 0 aliphatic carbocycles. The van der Waals surface area contributed by atoms with Crippen LogP contribution in [0.2, 0.25) is 0 Å². The van der Waals surface area contributed by atoms with Gasteiger partial charge in [-0.1, -0.05) is 0 Å². The molecule has 5 aromatic rings. The zero-order valence-electron chi connectivity index (χ0n) is 23.1. The van der Waals surface area contributed by atoms with Crippen molar-refractivity contribution in [1.29, 1.82) is 0 Å². The summed E-state index contributed by atoms with van der Waals surface area (Å²) in [6.45, 7) is 4.31. The number of aromatic hydroxyl groups is 1. The molecule has 44 heavy (non-hydrogen) atoms. The molecule has 1 aliphatic rings. The quantitative estimate of drug-likeness (QED) is 0.0779. The molecule has 0 radical (unpaired) electrons. The number of nitrogens with zero attached hydrogens (tertiary/aromatic N) is 3. The van der Waals surface area contributed by atoms with Crippen molar-refractivity contribution in [2.24, 2.45) is 0 Å². The van der Waals surface area contributed by atoms with E-state index in [1.165, 1.54) is 36.4 Å². The first-order valence-corrected chi connectivity index (χ1v) is 13.9. The maximum atomic E-state index is 13.4. The van der Waals surface area contributed by atoms with Crippen molar-refractivity contribution in [1.82, 2.24) is 9.97 Å². The van der Waals surface area contributed by atoms with Gasteiger partial charge in [0.05, 0.1) is 21.1 Å². The van der Waals surface area contributed by atoms with Crippen LogP contribution in [0, 0.1) is 34.1 Å². The number of nitro benzene ring substituents is 2. The second-order valence-electron chi connectivity index (χ2n) is 10.0. The highest BCUT2D eigenvalue weighted by Gasteiger charge is 2.36. The lowest BCUT2D eigenvalue weighted by Crippen LogP contribution is -2.30. The number of ether oxygens (including phenoxy) is 1. The molecule has 0 saturated carbocycles. The molecule has 0 fully saturated rings. The number of rotatable bonds is 5. The molecule has 15 heteroatoms. The molecule has 1 amide bonds. The third kappa shape index (κ3) is 5.62. The van der Waals surface area contributed by atoms with Crippen LogP contribution in [0.25, 0.3) is 21.8 Å². The zero-order valence-corrected chi connectivity index (χ0v) is 24.6. The highest BCUT2D eigenvalue weighted by molar-refractivity contribution is 6.61. The van der Waals surface area contributed by atoms with Gasteiger partial charge in [0.1, 0.15) is 17.2 Å². The fourth-order valence-electron chi connectivity index (χ4n) is 5.24. The van der Waals surface area contributed by atoms with Crippen molar-refractivity contribution in [3.63, 3.8) is 0 Å². The Morgan fingerprint density at radius 1 is 1.02 bits per heavy atom. The average Bonchev–Trinajstić information content (AvgIpc) is 3.66. The van der Waals surface area contributed by atoms with E-state index in [0.717, 1.165) is 22.2 Å². The number of carbonyl (C=O) groups excluding carboxylic acids is 2. The summed E-state index contributed by atoms with van der Waals surface area (Å²) in [5.41, 5.74) is 4.07. The fourth-order valence-corrected chi connectivity index (χ4v) is 5.58. The van der Waals surface area contributed by atoms with Gasteiger partial charge >= 0.3 is 5.43 Å². The Kier molecular flexibility index (Phi) is 8.17. The molecule has 1 atom stereocenters. The number of benzene rings is 3. The van der Waals surface area contributed by atoms with Crippen LogP contribution in [0.1, 0.15) is 33.2 Å². The van der Waals surface area contributed by atoms with Gasteiger partial charge < -0.3 is 24.7 Å². The van der Waals surface area contributed by atoms with E-state index in [-0.39, 0.29) is 34.7 Å². The Balaban J connectivity index is 0.000000249. The number of fused-ring (bicyclic) bond motifs is 4. The van der Waals surface area contributed by atoms with Gasteiger partial charge in [-0.15, -0.1) is 11.6 Å². The molecule has 6 rings (SSSR count). The van der Waals surface area contributed by atoms with E-state index in [0.29, 0.717) is 40.2 Å². The number of aryl methyl sites for hydroxylation is 2. The van der Waals surface area contributed by atoms with E-state index < -0.39 is 15.3 Å². The molecular formula is C29H23Cl2N5O8. The molecule has 226 valence electrons. The number of aromatic nitrogens is 2. The summed E-state index contributed by atoms with van der Waals surface area (Å²) in [6, 6.07) is 12.6. The number of aromatic amines is 2. The van der Waals surface area contributed by atoms with Crippen LogP contribution in [0.15, 0.2) is 54.6 Å². The summed E-state index contributed by atoms with van der Waals surface area (Å²) in [5.74, 6) is 0.217. The number of phenolic OH excluding ortho intramolecular Hbond substituents is 1. The third-order valence-electron chi connectivity index (χ3n) is 7.40. The van der Waals surface area contributed by atoms with Crippen molar-refractivity contribution in [2.75, 3.05) is 17.3 Å². The number of H-pyrrole nitrogens is 2. The number of hydrogen-bond donors (Lipinski definition) is 3. The number of non-ortho nitro benzene ring substituents is 2. The number of amides is 1. The normalized spacial score (nSPS) is 13.8. The molecule has 0 bridgehead atoms. The van der Waals surface area contributed by atoms with E-state index in [1.807, 2.05) is 13.8 Å². The van der Waals surface area contributed by atoms with Crippen molar-refractivity contribution >= 4 is 73.4 Å². The second-order valence-corrected chi connectivity index (χ2v) is 10.6. The summed E-state index contributed by atoms with van der Waals surface area (Å²) in [7, 11) is 0. The van der Waals surface area contributed by atoms with Gasteiger partial charge in [-0.25, -0.2) is 4.79 Å². The number of nitro groups is 2. The molecule has 0 saturated heterocycles. The summed E-state index contributed by atoms with van der Waals surface area (Å²) in [6.07, 6.45) is 0. The smallest absolute Gasteiger partial charge is 0.409 e. The van der Waals surface area contributed by atoms with Crippen LogP contribution < -0.4 is 9.64 Å². The molecule has 3 aromatic carbocycles. The average molecular weight is 640 g/mol. The summed E-state index contributed by atoms with van der Waals surface area (Å²) >= 11 is 11.2. The number of hydrogen-bond acceptors (Lipinski definition) is 8. The minimum atomic E-state index is -0.978. The van der Waals surface area contributed by atoms with Gasteiger partial charge in [0.25, 0.3) is 17.3 Å². The lowest BCUT2D eigenvalue weighted by molar-refractivity contribution is -0.385. The number of halogens is 2. The number of carbonyl (C=O) groups is 2. The van der Waals surface area contributed by atoms with Crippen LogP contribution in [0.4, 0.5) is 21.9 Å². The topological polar surface area (TPSA) is 185 Å². The summed E-state index contributed by atoms with van der Waals surface area (Å²) in [4.78, 5) is 51.8. The maximum absolute atomic E-state index is 13.4. The first kappa shape index (κ1) is 30.3. The predicted octanol–water partition coefficient (Wildman–Crippen LogP) is 7.20. The van der Waals surface area contributed by atoms with Crippen LogP contribution in [0.5, 0.6) is 11.5 Å². The fraction of sp³-hybridized carbons (Fsp3) is 0.172. The van der Waals surface area contributed by atoms with Gasteiger partial charge in [-0.3, -0.25) is 25.0 Å². The first-order chi connectivity index (χ1) is 20.9. The molecule has 2 aromatic heterocycles. The predicted molar refractivity (Wildman–Crippen MR) is 165 cm³/mol. The largest absolute Gasteiger partial charge is 0.506 e. The molecule has 0 spiro atoms. The summed E-state index contributed by atoms with van der Waals surface area (Å²) < 4.78 is 4.45. The van der Waals surface area contributed by atoms with Crippen LogP contribution in [-0.2, 0) is 0 Å². The van der Waals surface area contributed by atoms with Gasteiger partial charge in [0, 0.05) is 82.3 Å². The Hall–Kier alpha value is -5.14. The standard InChI is InChI=1S/C22H19ClN4O4.C7H4ClNO4/c1-10-11(2)24-21-18(28)7-17-20(19(10)21)13(8-23)9-26(17)22(29)16-6-12-5-14(27(30)31)3-4-15(12)25-16;8-7(10)13-6-3-1-5(2-4-6)9(11)12/h3-7,13,24-25,28H,8-9H2,1-2H3;1-4H/t13-;/m1./s1. The zero-order chi connectivity index (χ0) is 31.9. The van der Waals surface area contributed by atoms with E-state index in [4.69, 9.17) is 23.2 Å². The number of anilines is 1. The Labute approximate surface area is 258 Å². The highest BCUT2D eigenvalue weighted by Crippen LogP contribution is 2.47. The third-order valence-corrected chi connectivity index (χ3v) is 7.85. The minimum Gasteiger partial charge on any atom is -0.506 e. The van der Waals surface area contributed by atoms with E-state index in [9.17, 15) is 34.9 Å². The van der Waals surface area contributed by atoms with E-state index in [2.05, 4.69) is 14.7 Å². The molecule has 3 heterocycles. The molecule has 0 unspecified atom stereocenters. The van der Waals surface area contributed by atoms with Gasteiger partial charge in [-0.05, 0) is 49.2 Å². The second kappa shape index (κ2) is 11.9. The maximum Gasteiger partial charge on any atom is 0.409 e. The summed E-state index contributed by atoms with van der Waals surface area (Å²) in [5, 5.41) is 33.4. The van der Waals surface area contributed by atoms with Gasteiger partial charge in [-0.2, -0.15) is 0 Å². The van der Waals surface area contributed by atoms with Crippen molar-refractivity contribution in [2.45, 2.75) is 19.8 Å². The van der Waals surface area contributed by atoms with E-state index in [1.54, 1.807) is 23.1 Å². The van der Waals surface area contributed by atoms with Crippen LogP contribution in [0.3, 0.4) is 0 Å². The molecule has 1 aliphatic heterocycles. The minimum absolute atomic E-state index is 0.0372. The van der Waals surface area contributed by atoms with Crippen molar-refractivity contribution < 1.29 is 29.3 Å². The SMILES string of the molecule is Cc1[nH]c2c(O)cc3c(c2c1C)[C@H](CCl)CN3C(=O)c1cc2cc([N+](=O)[O-])ccc2[nH]1.O=C(Cl)Oc1ccc([N+](=O)[O-])cc1. The monoisotopic (exact) mass is 639 g/mol. The molecule has 3 N–H and O–H groups in total. The highest BCUT2D eigenvalue weighted by atomic mass is 35.5. The number of nitrogens with one attached hydrogen (secondary N) is 2. The van der Waals surface area contributed by atoms with Crippen LogP contribution >= 0.6 is 23.2 Å². The van der Waals surface area contributed by atoms with Crippen LogP contribution in [-0.4, -0.2) is 48.7 Å².